The van der Waals surface area contributed by atoms with Crippen LogP contribution in [0.2, 0.25) is 0 Å². The van der Waals surface area contributed by atoms with Crippen LogP contribution in [0.4, 0.5) is 0 Å². The summed E-state index contributed by atoms with van der Waals surface area (Å²) in [6.07, 6.45) is 2.40. The van der Waals surface area contributed by atoms with Gasteiger partial charge in [-0.2, -0.15) is 5.26 Å². The molecule has 0 bridgehead atoms. The molecule has 1 aliphatic heterocycles. The van der Waals surface area contributed by atoms with Crippen molar-refractivity contribution < 1.29 is 9.53 Å². The van der Waals surface area contributed by atoms with E-state index in [4.69, 9.17) is 10.00 Å². The second-order valence-electron chi connectivity index (χ2n) is 4.57. The van der Waals surface area contributed by atoms with Gasteiger partial charge in [-0.15, -0.1) is 0 Å². The molecule has 0 radical (unpaired) electrons. The molecule has 1 heterocycles. The zero-order valence-electron chi connectivity index (χ0n) is 10.9. The Balaban J connectivity index is 2.20. The number of esters is 1. The van der Waals surface area contributed by atoms with Gasteiger partial charge in [0.15, 0.2) is 0 Å². The maximum Gasteiger partial charge on any atom is 0.314 e. The van der Waals surface area contributed by atoms with Crippen molar-refractivity contribution in [3.8, 4) is 6.07 Å². The topological polar surface area (TPSA) is 62.5 Å². The number of rotatable bonds is 4. The summed E-state index contributed by atoms with van der Waals surface area (Å²) < 4.78 is 4.87. The summed E-state index contributed by atoms with van der Waals surface area (Å²) in [5.41, 5.74) is 2.49. The number of benzene rings is 1. The lowest BCUT2D eigenvalue weighted by Gasteiger charge is -2.15. The van der Waals surface area contributed by atoms with E-state index in [9.17, 15) is 4.79 Å². The van der Waals surface area contributed by atoms with Gasteiger partial charge >= 0.3 is 5.97 Å². The van der Waals surface area contributed by atoms with Crippen molar-refractivity contribution in [1.29, 1.82) is 5.26 Å². The fourth-order valence-electron chi connectivity index (χ4n) is 2.33. The largest absolute Gasteiger partial charge is 0.469 e. The monoisotopic (exact) mass is 256 g/mol. The fraction of sp³-hybridized carbons (Fsp3) is 0.400. The summed E-state index contributed by atoms with van der Waals surface area (Å²) in [5, 5.41) is 8.90. The molecule has 4 nitrogen and oxygen atoms in total. The van der Waals surface area contributed by atoms with Crippen LogP contribution in [-0.2, 0) is 16.0 Å². The molecule has 0 saturated heterocycles. The van der Waals surface area contributed by atoms with Gasteiger partial charge < -0.3 is 4.74 Å². The summed E-state index contributed by atoms with van der Waals surface area (Å²) in [6, 6.07) is 9.43. The van der Waals surface area contributed by atoms with E-state index >= 15 is 0 Å². The Morgan fingerprint density at radius 1 is 1.58 bits per heavy atom. The van der Waals surface area contributed by atoms with Crippen LogP contribution in [0, 0.1) is 17.2 Å². The number of ether oxygens (including phenoxy) is 1. The van der Waals surface area contributed by atoms with Crippen LogP contribution in [-0.4, -0.2) is 25.3 Å². The molecule has 4 heteroatoms. The number of methoxy groups -OCH3 is 1. The molecule has 98 valence electrons. The third-order valence-corrected chi connectivity index (χ3v) is 3.29. The van der Waals surface area contributed by atoms with Gasteiger partial charge in [0.1, 0.15) is 0 Å². The zero-order valence-corrected chi connectivity index (χ0v) is 10.9. The molecular weight excluding hydrogens is 240 g/mol. The first kappa shape index (κ1) is 13.3. The third kappa shape index (κ3) is 3.19. The van der Waals surface area contributed by atoms with Gasteiger partial charge in [0.05, 0.1) is 24.7 Å². The van der Waals surface area contributed by atoms with E-state index in [0.29, 0.717) is 12.0 Å². The molecule has 0 saturated carbocycles. The highest BCUT2D eigenvalue weighted by molar-refractivity contribution is 6.03. The summed E-state index contributed by atoms with van der Waals surface area (Å²) >= 11 is 0. The fourth-order valence-corrected chi connectivity index (χ4v) is 2.33. The number of hydrogen-bond donors (Lipinski definition) is 0. The quantitative estimate of drug-likeness (QED) is 0.775. The van der Waals surface area contributed by atoms with Crippen LogP contribution in [0.1, 0.15) is 24.0 Å². The Kier molecular flexibility index (Phi) is 4.30. The first-order valence-electron chi connectivity index (χ1n) is 6.34. The van der Waals surface area contributed by atoms with Gasteiger partial charge in [0, 0.05) is 12.3 Å². The Hall–Kier alpha value is -2.15. The average molecular weight is 256 g/mol. The molecule has 1 aromatic rings. The predicted octanol–water partition coefficient (Wildman–Crippen LogP) is 2.12. The summed E-state index contributed by atoms with van der Waals surface area (Å²) in [7, 11) is 1.40. The maximum absolute atomic E-state index is 11.9. The number of carbonyl (C=O) groups is 1. The lowest BCUT2D eigenvalue weighted by molar-refractivity contribution is -0.143. The van der Waals surface area contributed by atoms with Gasteiger partial charge in [0.2, 0.25) is 0 Å². The van der Waals surface area contributed by atoms with Crippen molar-refractivity contribution in [3.05, 3.63) is 35.4 Å². The van der Waals surface area contributed by atoms with Crippen LogP contribution < -0.4 is 0 Å². The van der Waals surface area contributed by atoms with Gasteiger partial charge in [0.25, 0.3) is 0 Å². The van der Waals surface area contributed by atoms with Crippen molar-refractivity contribution in [2.75, 3.05) is 13.7 Å². The van der Waals surface area contributed by atoms with Gasteiger partial charge in [-0.25, -0.2) is 0 Å². The Labute approximate surface area is 112 Å². The standard InChI is InChI=1S/C15H16N2O2/c1-19-15(18)13(14-6-3-7-17-14)9-11-4-2-5-12(8-11)10-16/h2,4-5,8,13H,3,6-7,9H2,1H3. The molecule has 19 heavy (non-hydrogen) atoms. The van der Waals surface area contributed by atoms with Crippen LogP contribution in [0.25, 0.3) is 0 Å². The van der Waals surface area contributed by atoms with Gasteiger partial charge in [-0.05, 0) is 37.0 Å². The first-order valence-corrected chi connectivity index (χ1v) is 6.34. The number of nitrogens with zero attached hydrogens (tertiary/aromatic N) is 2. The average Bonchev–Trinajstić information content (AvgIpc) is 2.98. The molecule has 1 aliphatic rings. The molecule has 1 unspecified atom stereocenters. The van der Waals surface area contributed by atoms with Crippen molar-refractivity contribution in [3.63, 3.8) is 0 Å². The highest BCUT2D eigenvalue weighted by Crippen LogP contribution is 2.19. The molecule has 0 spiro atoms. The van der Waals surface area contributed by atoms with Crippen LogP contribution in [0.15, 0.2) is 29.3 Å². The zero-order chi connectivity index (χ0) is 13.7. The molecular formula is C15H16N2O2. The molecule has 0 N–H and O–H groups in total. The van der Waals surface area contributed by atoms with E-state index in [-0.39, 0.29) is 11.9 Å². The predicted molar refractivity (Wildman–Crippen MR) is 71.9 cm³/mol. The molecule has 0 amide bonds. The van der Waals surface area contributed by atoms with Crippen molar-refractivity contribution in [1.82, 2.24) is 0 Å². The Bertz CT molecular complexity index is 543. The molecule has 1 atom stereocenters. The second kappa shape index (κ2) is 6.14. The molecule has 0 aromatic heterocycles. The Morgan fingerprint density at radius 3 is 3.05 bits per heavy atom. The maximum atomic E-state index is 11.9. The van der Waals surface area contributed by atoms with Crippen LogP contribution in [0.3, 0.4) is 0 Å². The SMILES string of the molecule is COC(=O)C(Cc1cccc(C#N)c1)C1=NCCC1. The lowest BCUT2D eigenvalue weighted by Crippen LogP contribution is -2.26. The summed E-state index contributed by atoms with van der Waals surface area (Å²) in [4.78, 5) is 16.3. The van der Waals surface area contributed by atoms with E-state index in [1.54, 1.807) is 6.07 Å². The second-order valence-corrected chi connectivity index (χ2v) is 4.57. The number of hydrogen-bond acceptors (Lipinski definition) is 4. The summed E-state index contributed by atoms with van der Waals surface area (Å²) in [6.45, 7) is 0.793. The van der Waals surface area contributed by atoms with E-state index in [1.165, 1.54) is 7.11 Å². The van der Waals surface area contributed by atoms with E-state index < -0.39 is 0 Å². The van der Waals surface area contributed by atoms with Gasteiger partial charge in [-0.1, -0.05) is 12.1 Å². The minimum absolute atomic E-state index is 0.247. The normalized spacial score (nSPS) is 15.5. The molecule has 0 aliphatic carbocycles. The van der Waals surface area contributed by atoms with Crippen molar-refractivity contribution >= 4 is 11.7 Å². The van der Waals surface area contributed by atoms with E-state index in [0.717, 1.165) is 30.7 Å². The lowest BCUT2D eigenvalue weighted by atomic mass is 9.92. The minimum atomic E-state index is -0.318. The van der Waals surface area contributed by atoms with E-state index in [1.807, 2.05) is 18.2 Å². The highest BCUT2D eigenvalue weighted by atomic mass is 16.5. The number of aliphatic imine (C=N–C) groups is 1. The van der Waals surface area contributed by atoms with Crippen LogP contribution >= 0.6 is 0 Å². The Morgan fingerprint density at radius 2 is 2.42 bits per heavy atom. The smallest absolute Gasteiger partial charge is 0.314 e. The van der Waals surface area contributed by atoms with Crippen LogP contribution in [0.5, 0.6) is 0 Å². The highest BCUT2D eigenvalue weighted by Gasteiger charge is 2.27. The molecule has 0 fully saturated rings. The van der Waals surface area contributed by atoms with Crippen molar-refractivity contribution in [2.45, 2.75) is 19.3 Å². The van der Waals surface area contributed by atoms with Gasteiger partial charge in [-0.3, -0.25) is 9.79 Å². The van der Waals surface area contributed by atoms with E-state index in [2.05, 4.69) is 11.1 Å². The number of carbonyl (C=O) groups excluding carboxylic acids is 1. The first-order chi connectivity index (χ1) is 9.24. The third-order valence-electron chi connectivity index (χ3n) is 3.29. The number of nitriles is 1. The molecule has 2 rings (SSSR count). The van der Waals surface area contributed by atoms with Crippen molar-refractivity contribution in [2.24, 2.45) is 10.9 Å². The summed E-state index contributed by atoms with van der Waals surface area (Å²) in [5.74, 6) is -0.565. The molecule has 1 aromatic carbocycles. The minimum Gasteiger partial charge on any atom is -0.469 e.